The van der Waals surface area contributed by atoms with Crippen LogP contribution in [0.5, 0.6) is 5.75 Å². The van der Waals surface area contributed by atoms with E-state index in [0.29, 0.717) is 44.6 Å². The Kier molecular flexibility index (Phi) is 9.49. The van der Waals surface area contributed by atoms with Crippen LogP contribution < -0.4 is 15.8 Å². The van der Waals surface area contributed by atoms with E-state index in [1.807, 2.05) is 18.2 Å². The molecule has 202 valence electrons. The number of methoxy groups -OCH3 is 1. The standard InChI is InChI=1S/C29H35FN4O3S/c1-20-6-11-26(38-20)19-33(18-21-4-3-5-25(16-21)37-2)24-12-15-34(27(17-24)28(35)32-14-13-31)29(36)22-7-9-23(30)10-8-22/h3-11,16,24,27H,12-15,17-19,31H2,1-2H3,(H,32,35)/t24?,27-/m1/s1. The Morgan fingerprint density at radius 1 is 1.16 bits per heavy atom. The number of benzene rings is 2. The smallest absolute Gasteiger partial charge is 0.254 e. The zero-order valence-electron chi connectivity index (χ0n) is 21.9. The fourth-order valence-corrected chi connectivity index (χ4v) is 5.85. The Labute approximate surface area is 227 Å². The van der Waals surface area contributed by atoms with Gasteiger partial charge in [-0.05, 0) is 73.9 Å². The van der Waals surface area contributed by atoms with E-state index in [4.69, 9.17) is 10.5 Å². The van der Waals surface area contributed by atoms with Crippen LogP contribution in [0, 0.1) is 12.7 Å². The van der Waals surface area contributed by atoms with Gasteiger partial charge in [-0.25, -0.2) is 4.39 Å². The Bertz CT molecular complexity index is 1230. The first-order valence-electron chi connectivity index (χ1n) is 12.8. The van der Waals surface area contributed by atoms with Crippen LogP contribution in [0.15, 0.2) is 60.7 Å². The van der Waals surface area contributed by atoms with Gasteiger partial charge in [0.1, 0.15) is 17.6 Å². The van der Waals surface area contributed by atoms with Crippen molar-refractivity contribution in [2.24, 2.45) is 5.73 Å². The summed E-state index contributed by atoms with van der Waals surface area (Å²) in [4.78, 5) is 33.2. The number of carbonyl (C=O) groups is 2. The minimum Gasteiger partial charge on any atom is -0.497 e. The maximum atomic E-state index is 13.5. The lowest BCUT2D eigenvalue weighted by Gasteiger charge is -2.43. The molecule has 0 bridgehead atoms. The first-order valence-corrected chi connectivity index (χ1v) is 13.7. The normalized spacial score (nSPS) is 17.4. The number of likely N-dealkylation sites (tertiary alicyclic amines) is 1. The van der Waals surface area contributed by atoms with E-state index in [1.54, 1.807) is 23.3 Å². The molecule has 1 saturated heterocycles. The number of thiophene rings is 1. The Morgan fingerprint density at radius 2 is 1.95 bits per heavy atom. The molecule has 3 N–H and O–H groups in total. The molecule has 0 spiro atoms. The first kappa shape index (κ1) is 27.8. The first-order chi connectivity index (χ1) is 18.4. The van der Waals surface area contributed by atoms with Crippen molar-refractivity contribution >= 4 is 23.2 Å². The molecule has 1 aliphatic heterocycles. The summed E-state index contributed by atoms with van der Waals surface area (Å²) >= 11 is 1.77. The zero-order chi connectivity index (χ0) is 27.1. The summed E-state index contributed by atoms with van der Waals surface area (Å²) in [6.07, 6.45) is 1.19. The molecule has 38 heavy (non-hydrogen) atoms. The Balaban J connectivity index is 1.60. The Hall–Kier alpha value is -3.27. The third-order valence-corrected chi connectivity index (χ3v) is 7.85. The van der Waals surface area contributed by atoms with E-state index < -0.39 is 11.9 Å². The van der Waals surface area contributed by atoms with Crippen molar-refractivity contribution in [3.05, 3.63) is 87.4 Å². The molecule has 1 aliphatic rings. The van der Waals surface area contributed by atoms with Gasteiger partial charge < -0.3 is 20.7 Å². The van der Waals surface area contributed by atoms with Gasteiger partial charge in [0.05, 0.1) is 7.11 Å². The van der Waals surface area contributed by atoms with Crippen LogP contribution in [0.2, 0.25) is 0 Å². The molecule has 3 aromatic rings. The van der Waals surface area contributed by atoms with Gasteiger partial charge in [-0.15, -0.1) is 11.3 Å². The molecule has 1 aromatic heterocycles. The highest BCUT2D eigenvalue weighted by molar-refractivity contribution is 7.11. The molecule has 4 rings (SSSR count). The third kappa shape index (κ3) is 6.98. The number of piperidine rings is 1. The SMILES string of the molecule is COc1cccc(CN(Cc2ccc(C)s2)C2CCN(C(=O)c3ccc(F)cc3)[C@@H](C(=O)NCCN)C2)c1. The molecule has 7 nitrogen and oxygen atoms in total. The summed E-state index contributed by atoms with van der Waals surface area (Å²) in [5.41, 5.74) is 7.11. The van der Waals surface area contributed by atoms with Gasteiger partial charge >= 0.3 is 0 Å². The summed E-state index contributed by atoms with van der Waals surface area (Å²) < 4.78 is 18.9. The van der Waals surface area contributed by atoms with Gasteiger partial charge in [0.15, 0.2) is 0 Å². The number of nitrogens with one attached hydrogen (secondary N) is 1. The second kappa shape index (κ2) is 13.0. The maximum Gasteiger partial charge on any atom is 0.254 e. The summed E-state index contributed by atoms with van der Waals surface area (Å²) in [6.45, 7) is 4.58. The number of nitrogens with zero attached hydrogens (tertiary/aromatic N) is 2. The van der Waals surface area contributed by atoms with Crippen molar-refractivity contribution in [1.82, 2.24) is 15.1 Å². The summed E-state index contributed by atoms with van der Waals surface area (Å²) in [6, 6.07) is 17.2. The number of nitrogens with two attached hydrogens (primary N) is 1. The second-order valence-electron chi connectivity index (χ2n) is 9.55. The van der Waals surface area contributed by atoms with Crippen LogP contribution in [0.1, 0.15) is 38.5 Å². The van der Waals surface area contributed by atoms with Gasteiger partial charge in [0.2, 0.25) is 5.91 Å². The Morgan fingerprint density at radius 3 is 2.63 bits per heavy atom. The van der Waals surface area contributed by atoms with Crippen molar-refractivity contribution in [1.29, 1.82) is 0 Å². The lowest BCUT2D eigenvalue weighted by molar-refractivity contribution is -0.127. The van der Waals surface area contributed by atoms with Crippen LogP contribution in [-0.2, 0) is 17.9 Å². The lowest BCUT2D eigenvalue weighted by Crippen LogP contribution is -2.57. The lowest BCUT2D eigenvalue weighted by atomic mass is 9.93. The molecular formula is C29H35FN4O3S. The highest BCUT2D eigenvalue weighted by Gasteiger charge is 2.38. The van der Waals surface area contributed by atoms with Crippen molar-refractivity contribution in [2.45, 2.75) is 44.9 Å². The van der Waals surface area contributed by atoms with Gasteiger partial charge in [-0.1, -0.05) is 12.1 Å². The average molecular weight is 539 g/mol. The van der Waals surface area contributed by atoms with Crippen LogP contribution in [0.4, 0.5) is 4.39 Å². The number of ether oxygens (including phenoxy) is 1. The fraction of sp³-hybridized carbons (Fsp3) is 0.379. The maximum absolute atomic E-state index is 13.5. The van der Waals surface area contributed by atoms with Gasteiger partial charge in [0.25, 0.3) is 5.91 Å². The number of rotatable bonds is 10. The van der Waals surface area contributed by atoms with Crippen molar-refractivity contribution in [3.63, 3.8) is 0 Å². The van der Waals surface area contributed by atoms with E-state index in [0.717, 1.165) is 17.9 Å². The highest BCUT2D eigenvalue weighted by Crippen LogP contribution is 2.29. The third-order valence-electron chi connectivity index (χ3n) is 6.86. The molecule has 9 heteroatoms. The molecule has 2 aromatic carbocycles. The summed E-state index contributed by atoms with van der Waals surface area (Å²) in [5.74, 6) is -0.101. The fourth-order valence-electron chi connectivity index (χ4n) is 4.93. The van der Waals surface area contributed by atoms with Gasteiger partial charge in [-0.3, -0.25) is 14.5 Å². The molecule has 1 fully saturated rings. The number of aryl methyl sites for hydroxylation is 1. The monoisotopic (exact) mass is 538 g/mol. The summed E-state index contributed by atoms with van der Waals surface area (Å²) in [7, 11) is 1.66. The molecule has 0 saturated carbocycles. The summed E-state index contributed by atoms with van der Waals surface area (Å²) in [5, 5.41) is 2.87. The van der Waals surface area contributed by atoms with Crippen LogP contribution >= 0.6 is 11.3 Å². The molecule has 0 aliphatic carbocycles. The number of carbonyl (C=O) groups excluding carboxylic acids is 2. The van der Waals surface area contributed by atoms with E-state index in [2.05, 4.69) is 35.3 Å². The molecule has 2 heterocycles. The molecule has 0 radical (unpaired) electrons. The largest absolute Gasteiger partial charge is 0.497 e. The number of hydrogen-bond donors (Lipinski definition) is 2. The number of hydrogen-bond acceptors (Lipinski definition) is 6. The number of halogens is 1. The van der Waals surface area contributed by atoms with Crippen LogP contribution in [0.25, 0.3) is 0 Å². The van der Waals surface area contributed by atoms with E-state index in [-0.39, 0.29) is 17.9 Å². The van der Waals surface area contributed by atoms with Crippen LogP contribution in [0.3, 0.4) is 0 Å². The van der Waals surface area contributed by atoms with Crippen molar-refractivity contribution in [2.75, 3.05) is 26.7 Å². The topological polar surface area (TPSA) is 87.9 Å². The van der Waals surface area contributed by atoms with Crippen molar-refractivity contribution < 1.29 is 18.7 Å². The minimum atomic E-state index is -0.657. The van der Waals surface area contributed by atoms with Gasteiger partial charge in [0, 0.05) is 54.1 Å². The van der Waals surface area contributed by atoms with E-state index >= 15 is 0 Å². The highest BCUT2D eigenvalue weighted by atomic mass is 32.1. The van der Waals surface area contributed by atoms with E-state index in [9.17, 15) is 14.0 Å². The van der Waals surface area contributed by atoms with Gasteiger partial charge in [-0.2, -0.15) is 0 Å². The molecule has 1 unspecified atom stereocenters. The predicted octanol–water partition coefficient (Wildman–Crippen LogP) is 3.95. The second-order valence-corrected chi connectivity index (χ2v) is 10.9. The number of amides is 2. The minimum absolute atomic E-state index is 0.0644. The van der Waals surface area contributed by atoms with Crippen LogP contribution in [-0.4, -0.2) is 60.4 Å². The van der Waals surface area contributed by atoms with E-state index in [1.165, 1.54) is 34.0 Å². The predicted molar refractivity (Wildman–Crippen MR) is 148 cm³/mol. The average Bonchev–Trinajstić information content (AvgIpc) is 3.35. The molecular weight excluding hydrogens is 503 g/mol. The quantitative estimate of drug-likeness (QED) is 0.408. The molecule has 2 amide bonds. The zero-order valence-corrected chi connectivity index (χ0v) is 22.7. The van der Waals surface area contributed by atoms with Crippen molar-refractivity contribution in [3.8, 4) is 5.75 Å². The molecule has 2 atom stereocenters.